The van der Waals surface area contributed by atoms with Gasteiger partial charge >= 0.3 is 0 Å². The lowest BCUT2D eigenvalue weighted by molar-refractivity contribution is 0.247. The van der Waals surface area contributed by atoms with Gasteiger partial charge in [0.05, 0.1) is 0 Å². The Morgan fingerprint density at radius 1 is 1.22 bits per heavy atom. The molecule has 2 fully saturated rings. The lowest BCUT2D eigenvalue weighted by atomic mass is 9.88. The van der Waals surface area contributed by atoms with Crippen molar-refractivity contribution >= 4 is 11.8 Å². The van der Waals surface area contributed by atoms with Crippen molar-refractivity contribution in [1.82, 2.24) is 10.6 Å². The summed E-state index contributed by atoms with van der Waals surface area (Å²) in [6.07, 6.45) is 12.0. The molecule has 1 heterocycles. The second-order valence-corrected chi connectivity index (χ2v) is 7.09. The zero-order valence-corrected chi connectivity index (χ0v) is 12.9. The fourth-order valence-corrected chi connectivity index (χ4v) is 4.25. The summed E-state index contributed by atoms with van der Waals surface area (Å²) in [5.74, 6) is 2.18. The highest BCUT2D eigenvalue weighted by Crippen LogP contribution is 2.32. The van der Waals surface area contributed by atoms with Crippen LogP contribution < -0.4 is 10.6 Å². The average molecular weight is 270 g/mol. The summed E-state index contributed by atoms with van der Waals surface area (Å²) in [5.41, 5.74) is 0. The lowest BCUT2D eigenvalue weighted by Gasteiger charge is -2.34. The second kappa shape index (κ2) is 7.76. The zero-order valence-electron chi connectivity index (χ0n) is 12.1. The van der Waals surface area contributed by atoms with E-state index in [9.17, 15) is 0 Å². The smallest absolute Gasteiger partial charge is 0.0113 e. The zero-order chi connectivity index (χ0) is 12.8. The molecule has 106 valence electrons. The van der Waals surface area contributed by atoms with Crippen molar-refractivity contribution < 1.29 is 0 Å². The maximum atomic E-state index is 3.91. The van der Waals surface area contributed by atoms with Gasteiger partial charge in [-0.2, -0.15) is 11.8 Å². The molecule has 1 saturated carbocycles. The molecule has 18 heavy (non-hydrogen) atoms. The molecule has 4 unspecified atom stereocenters. The van der Waals surface area contributed by atoms with Crippen molar-refractivity contribution in [2.24, 2.45) is 5.92 Å². The van der Waals surface area contributed by atoms with Gasteiger partial charge in [0.25, 0.3) is 0 Å². The van der Waals surface area contributed by atoms with Gasteiger partial charge in [0.15, 0.2) is 0 Å². The van der Waals surface area contributed by atoms with Gasteiger partial charge in [0.2, 0.25) is 0 Å². The molecular weight excluding hydrogens is 240 g/mol. The van der Waals surface area contributed by atoms with E-state index < -0.39 is 0 Å². The largest absolute Gasteiger partial charge is 0.314 e. The van der Waals surface area contributed by atoms with Gasteiger partial charge in [-0.15, -0.1) is 0 Å². The first-order valence-electron chi connectivity index (χ1n) is 7.79. The number of thioether (sulfide) groups is 1. The summed E-state index contributed by atoms with van der Waals surface area (Å²) in [5, 5.41) is 7.67. The monoisotopic (exact) mass is 270 g/mol. The third kappa shape index (κ3) is 4.14. The molecule has 2 aliphatic rings. The minimum absolute atomic E-state index is 0.687. The third-order valence-corrected chi connectivity index (χ3v) is 5.33. The van der Waals surface area contributed by atoms with E-state index in [1.165, 1.54) is 57.2 Å². The Labute approximate surface area is 117 Å². The van der Waals surface area contributed by atoms with Crippen LogP contribution in [0.5, 0.6) is 0 Å². The highest BCUT2D eigenvalue weighted by Gasteiger charge is 2.34. The molecule has 0 aromatic carbocycles. The summed E-state index contributed by atoms with van der Waals surface area (Å²) < 4.78 is 0. The molecule has 2 N–H and O–H groups in total. The van der Waals surface area contributed by atoms with Crippen molar-refractivity contribution in [2.45, 2.75) is 70.0 Å². The molecule has 1 saturated heterocycles. The van der Waals surface area contributed by atoms with E-state index in [0.717, 1.165) is 18.0 Å². The topological polar surface area (TPSA) is 24.1 Å². The van der Waals surface area contributed by atoms with Crippen LogP contribution in [0, 0.1) is 5.92 Å². The third-order valence-electron chi connectivity index (χ3n) is 4.69. The van der Waals surface area contributed by atoms with Gasteiger partial charge in [-0.05, 0) is 63.5 Å². The number of nitrogens with one attached hydrogen (secondary N) is 2. The van der Waals surface area contributed by atoms with Crippen LogP contribution >= 0.6 is 11.8 Å². The summed E-state index contributed by atoms with van der Waals surface area (Å²) in [6.45, 7) is 3.61. The molecule has 0 spiro atoms. The van der Waals surface area contributed by atoms with Crippen LogP contribution in [0.1, 0.15) is 51.9 Å². The molecule has 2 nitrogen and oxygen atoms in total. The average Bonchev–Trinajstić information content (AvgIpc) is 2.85. The molecule has 0 aromatic heterocycles. The molecule has 2 rings (SSSR count). The first-order valence-corrected chi connectivity index (χ1v) is 9.19. The molecule has 3 heteroatoms. The van der Waals surface area contributed by atoms with Gasteiger partial charge in [-0.3, -0.25) is 0 Å². The lowest BCUT2D eigenvalue weighted by Crippen LogP contribution is -2.48. The highest BCUT2D eigenvalue weighted by molar-refractivity contribution is 7.98. The van der Waals surface area contributed by atoms with E-state index >= 15 is 0 Å². The van der Waals surface area contributed by atoms with E-state index in [0.29, 0.717) is 6.04 Å². The van der Waals surface area contributed by atoms with Crippen LogP contribution in [0.4, 0.5) is 0 Å². The SMILES string of the molecule is CSCCC(C)NC1CCCC1C1CCCCN1. The molecule has 0 radical (unpaired) electrons. The summed E-state index contributed by atoms with van der Waals surface area (Å²) in [7, 11) is 0. The summed E-state index contributed by atoms with van der Waals surface area (Å²) in [6, 6.07) is 2.26. The Hall–Kier alpha value is 0.270. The van der Waals surface area contributed by atoms with Crippen LogP contribution in [-0.2, 0) is 0 Å². The van der Waals surface area contributed by atoms with Crippen LogP contribution in [0.15, 0.2) is 0 Å². The van der Waals surface area contributed by atoms with E-state index in [1.807, 2.05) is 11.8 Å². The van der Waals surface area contributed by atoms with Crippen LogP contribution in [0.3, 0.4) is 0 Å². The fourth-order valence-electron chi connectivity index (χ4n) is 3.66. The van der Waals surface area contributed by atoms with Crippen molar-refractivity contribution in [3.05, 3.63) is 0 Å². The highest BCUT2D eigenvalue weighted by atomic mass is 32.2. The van der Waals surface area contributed by atoms with Crippen molar-refractivity contribution in [2.75, 3.05) is 18.6 Å². The van der Waals surface area contributed by atoms with E-state index in [-0.39, 0.29) is 0 Å². The molecule has 0 aromatic rings. The standard InChI is InChI=1S/C15H30N2S/c1-12(9-11-18-2)17-15-8-5-6-13(15)14-7-3-4-10-16-14/h12-17H,3-11H2,1-2H3. The van der Waals surface area contributed by atoms with E-state index in [1.54, 1.807) is 0 Å². The molecular formula is C15H30N2S. The Kier molecular flexibility index (Phi) is 6.33. The minimum atomic E-state index is 0.687. The maximum Gasteiger partial charge on any atom is 0.0113 e. The summed E-state index contributed by atoms with van der Waals surface area (Å²) in [4.78, 5) is 0. The van der Waals surface area contributed by atoms with E-state index in [2.05, 4.69) is 23.8 Å². The maximum absolute atomic E-state index is 3.91. The molecule has 1 aliphatic heterocycles. The van der Waals surface area contributed by atoms with Crippen molar-refractivity contribution in [3.8, 4) is 0 Å². The van der Waals surface area contributed by atoms with Crippen molar-refractivity contribution in [3.63, 3.8) is 0 Å². The van der Waals surface area contributed by atoms with Gasteiger partial charge in [0, 0.05) is 18.1 Å². The molecule has 0 bridgehead atoms. The number of hydrogen-bond donors (Lipinski definition) is 2. The number of piperidine rings is 1. The first-order chi connectivity index (χ1) is 8.81. The fraction of sp³-hybridized carbons (Fsp3) is 1.00. The predicted molar refractivity (Wildman–Crippen MR) is 82.4 cm³/mol. The second-order valence-electron chi connectivity index (χ2n) is 6.11. The van der Waals surface area contributed by atoms with Gasteiger partial charge in [-0.1, -0.05) is 12.8 Å². The summed E-state index contributed by atoms with van der Waals surface area (Å²) >= 11 is 1.96. The molecule has 4 atom stereocenters. The van der Waals surface area contributed by atoms with Crippen LogP contribution in [-0.4, -0.2) is 36.7 Å². The molecule has 1 aliphatic carbocycles. The minimum Gasteiger partial charge on any atom is -0.314 e. The Balaban J connectivity index is 1.79. The normalized spacial score (nSPS) is 34.7. The Bertz CT molecular complexity index is 229. The Morgan fingerprint density at radius 2 is 2.11 bits per heavy atom. The number of rotatable bonds is 6. The number of hydrogen-bond acceptors (Lipinski definition) is 3. The van der Waals surface area contributed by atoms with Crippen molar-refractivity contribution in [1.29, 1.82) is 0 Å². The van der Waals surface area contributed by atoms with Crippen LogP contribution in [0.2, 0.25) is 0 Å². The van der Waals surface area contributed by atoms with Gasteiger partial charge in [-0.25, -0.2) is 0 Å². The van der Waals surface area contributed by atoms with Gasteiger partial charge < -0.3 is 10.6 Å². The van der Waals surface area contributed by atoms with Gasteiger partial charge in [0.1, 0.15) is 0 Å². The van der Waals surface area contributed by atoms with Crippen LogP contribution in [0.25, 0.3) is 0 Å². The quantitative estimate of drug-likeness (QED) is 0.776. The molecule has 0 amide bonds. The van der Waals surface area contributed by atoms with E-state index in [4.69, 9.17) is 0 Å². The predicted octanol–water partition coefficient (Wildman–Crippen LogP) is 3.03. The Morgan fingerprint density at radius 3 is 2.83 bits per heavy atom. The first kappa shape index (κ1) is 14.7.